The van der Waals surface area contributed by atoms with E-state index in [0.29, 0.717) is 0 Å². The topological polar surface area (TPSA) is 235 Å². The number of rotatable bonds is 6. The molecule has 62 heavy (non-hydrogen) atoms. The molecule has 0 unspecified atom stereocenters. The molecular formula is C42H26Cu2F6O12. The number of carboxylic acid groups (broad SMARTS) is 6. The molecule has 0 atom stereocenters. The van der Waals surface area contributed by atoms with Gasteiger partial charge in [0.05, 0.1) is 35.0 Å². The molecule has 12 nitrogen and oxygen atoms in total. The van der Waals surface area contributed by atoms with Gasteiger partial charge in [0.2, 0.25) is 0 Å². The Balaban J connectivity index is 0. The van der Waals surface area contributed by atoms with E-state index >= 15 is 0 Å². The van der Waals surface area contributed by atoms with Crippen molar-refractivity contribution in [2.24, 2.45) is 0 Å². The smallest absolute Gasteiger partial charge is 0.545 e. The molecule has 0 aliphatic carbocycles. The number of benzene rings is 6. The van der Waals surface area contributed by atoms with E-state index < -0.39 is 93.0 Å². The number of hydrogen-bond donors (Lipinski definition) is 2. The Morgan fingerprint density at radius 3 is 0.500 bits per heavy atom. The fraction of sp³-hybridized carbons (Fsp3) is 0. The van der Waals surface area contributed by atoms with Gasteiger partial charge in [0.1, 0.15) is 34.9 Å². The summed E-state index contributed by atoms with van der Waals surface area (Å²) in [6.07, 6.45) is 0. The van der Waals surface area contributed by atoms with Crippen LogP contribution >= 0.6 is 0 Å². The summed E-state index contributed by atoms with van der Waals surface area (Å²) in [5, 5.41) is 56.9. The standard InChI is InChI=1S/6C7H5FO2.2Cu/c6*8-6-4-2-1-3-5(6)7(9)10;;/h6*1-4H,(H,9,10);;/q;;;;;;2*+2/p-4. The number of carbonyl (C=O) groups is 6. The van der Waals surface area contributed by atoms with Gasteiger partial charge >= 0.3 is 46.1 Å². The molecule has 6 aromatic rings. The molecule has 0 fully saturated rings. The summed E-state index contributed by atoms with van der Waals surface area (Å²) < 4.78 is 74.6. The van der Waals surface area contributed by atoms with Crippen molar-refractivity contribution in [3.63, 3.8) is 0 Å². The minimum atomic E-state index is -1.49. The Bertz CT molecular complexity index is 1990. The van der Waals surface area contributed by atoms with Crippen LogP contribution in [0.15, 0.2) is 146 Å². The molecule has 0 aliphatic rings. The minimum Gasteiger partial charge on any atom is -0.545 e. The second-order valence-electron chi connectivity index (χ2n) is 10.6. The summed E-state index contributed by atoms with van der Waals surface area (Å²) in [6.45, 7) is 0. The van der Waals surface area contributed by atoms with Crippen molar-refractivity contribution >= 4 is 35.8 Å². The predicted molar refractivity (Wildman–Crippen MR) is 190 cm³/mol. The first kappa shape index (κ1) is 56.9. The van der Waals surface area contributed by atoms with E-state index in [0.717, 1.165) is 60.7 Å². The van der Waals surface area contributed by atoms with Gasteiger partial charge in [-0.3, -0.25) is 0 Å². The molecule has 0 saturated heterocycles. The fourth-order valence-electron chi connectivity index (χ4n) is 3.78. The third kappa shape index (κ3) is 20.6. The number of hydrogen-bond acceptors (Lipinski definition) is 10. The first-order chi connectivity index (χ1) is 28.3. The fourth-order valence-corrected chi connectivity index (χ4v) is 3.78. The average molecular weight is 964 g/mol. The summed E-state index contributed by atoms with van der Waals surface area (Å²) in [6, 6.07) is 30.9. The molecule has 2 N–H and O–H groups in total. The third-order valence-corrected chi connectivity index (χ3v) is 6.58. The van der Waals surface area contributed by atoms with E-state index in [4.69, 9.17) is 10.2 Å². The van der Waals surface area contributed by atoms with Crippen molar-refractivity contribution in [1.82, 2.24) is 0 Å². The first-order valence-corrected chi connectivity index (χ1v) is 16.1. The molecule has 0 amide bonds. The predicted octanol–water partition coefficient (Wildman–Crippen LogP) is 3.80. The Hall–Kier alpha value is -7.24. The maximum Gasteiger partial charge on any atom is 2.00 e. The third-order valence-electron chi connectivity index (χ3n) is 6.58. The summed E-state index contributed by atoms with van der Waals surface area (Å²) in [7, 11) is 0. The van der Waals surface area contributed by atoms with Crippen molar-refractivity contribution in [2.75, 3.05) is 0 Å². The molecule has 20 heteroatoms. The Kier molecular flexibility index (Phi) is 27.4. The van der Waals surface area contributed by atoms with Crippen LogP contribution < -0.4 is 20.4 Å². The average Bonchev–Trinajstić information content (AvgIpc) is 3.19. The quantitative estimate of drug-likeness (QED) is 0.179. The second-order valence-corrected chi connectivity index (χ2v) is 10.6. The Morgan fingerprint density at radius 2 is 0.419 bits per heavy atom. The van der Waals surface area contributed by atoms with Gasteiger partial charge in [0.25, 0.3) is 0 Å². The monoisotopic (exact) mass is 962 g/mol. The molecule has 0 spiro atoms. The number of halogens is 6. The maximum atomic E-state index is 12.5. The van der Waals surface area contributed by atoms with Gasteiger partial charge in [-0.15, -0.1) is 0 Å². The van der Waals surface area contributed by atoms with E-state index in [-0.39, 0.29) is 45.3 Å². The van der Waals surface area contributed by atoms with Gasteiger partial charge in [0, 0.05) is 22.3 Å². The van der Waals surface area contributed by atoms with E-state index in [2.05, 4.69) is 0 Å². The van der Waals surface area contributed by atoms with Crippen LogP contribution in [-0.2, 0) is 34.1 Å². The van der Waals surface area contributed by atoms with Gasteiger partial charge in [-0.2, -0.15) is 0 Å². The van der Waals surface area contributed by atoms with Crippen LogP contribution in [0.3, 0.4) is 0 Å². The van der Waals surface area contributed by atoms with Crippen LogP contribution in [0.1, 0.15) is 62.1 Å². The molecule has 330 valence electrons. The van der Waals surface area contributed by atoms with Crippen molar-refractivity contribution < 1.29 is 120 Å². The van der Waals surface area contributed by atoms with Crippen LogP contribution in [0.5, 0.6) is 0 Å². The minimum absolute atomic E-state index is 0. The second kappa shape index (κ2) is 29.9. The summed E-state index contributed by atoms with van der Waals surface area (Å²) in [5.41, 5.74) is -2.18. The number of carboxylic acids is 6. The zero-order valence-corrected chi connectivity index (χ0v) is 32.6. The molecular weight excluding hydrogens is 938 g/mol. The number of carbonyl (C=O) groups excluding carboxylic acids is 4. The van der Waals surface area contributed by atoms with Crippen molar-refractivity contribution in [2.45, 2.75) is 0 Å². The molecule has 0 aromatic heterocycles. The van der Waals surface area contributed by atoms with E-state index in [1.54, 1.807) is 0 Å². The van der Waals surface area contributed by atoms with Crippen molar-refractivity contribution in [3.05, 3.63) is 214 Å². The van der Waals surface area contributed by atoms with Crippen LogP contribution in [0, 0.1) is 34.9 Å². The van der Waals surface area contributed by atoms with Crippen LogP contribution in [-0.4, -0.2) is 46.0 Å². The van der Waals surface area contributed by atoms with Gasteiger partial charge in [0.15, 0.2) is 0 Å². The molecule has 6 aromatic carbocycles. The van der Waals surface area contributed by atoms with E-state index in [1.807, 2.05) is 0 Å². The molecule has 0 heterocycles. The SMILES string of the molecule is O=C(O)c1ccccc1F.O=C(O)c1ccccc1F.O=C([O-])c1ccccc1F.O=C([O-])c1ccccc1F.O=C([O-])c1ccccc1F.O=C([O-])c1ccccc1F.[Cu+2].[Cu+2]. The maximum absolute atomic E-state index is 12.5. The van der Waals surface area contributed by atoms with Gasteiger partial charge in [-0.25, -0.2) is 35.9 Å². The summed E-state index contributed by atoms with van der Waals surface area (Å²) >= 11 is 0. The number of aromatic carboxylic acids is 6. The van der Waals surface area contributed by atoms with Gasteiger partial charge in [-0.05, 0) is 48.5 Å². The van der Waals surface area contributed by atoms with Gasteiger partial charge in [-0.1, -0.05) is 97.1 Å². The molecule has 0 saturated carbocycles. The van der Waals surface area contributed by atoms with Crippen LogP contribution in [0.2, 0.25) is 0 Å². The first-order valence-electron chi connectivity index (χ1n) is 16.1. The van der Waals surface area contributed by atoms with Crippen LogP contribution in [0.25, 0.3) is 0 Å². The summed E-state index contributed by atoms with van der Waals surface area (Å²) in [4.78, 5) is 60.6. The van der Waals surface area contributed by atoms with Crippen molar-refractivity contribution in [1.29, 1.82) is 0 Å². The van der Waals surface area contributed by atoms with Gasteiger partial charge < -0.3 is 49.8 Å². The normalized spacial score (nSPS) is 9.00. The molecule has 2 radical (unpaired) electrons. The van der Waals surface area contributed by atoms with Crippen molar-refractivity contribution in [3.8, 4) is 0 Å². The molecule has 6 rings (SSSR count). The largest absolute Gasteiger partial charge is 2.00 e. The zero-order valence-electron chi connectivity index (χ0n) is 30.7. The Labute approximate surface area is 368 Å². The Morgan fingerprint density at radius 1 is 0.290 bits per heavy atom. The van der Waals surface area contributed by atoms with E-state index in [9.17, 15) is 75.5 Å². The zero-order chi connectivity index (χ0) is 45.4. The van der Waals surface area contributed by atoms with Crippen LogP contribution in [0.4, 0.5) is 26.3 Å². The molecule has 0 bridgehead atoms. The summed E-state index contributed by atoms with van der Waals surface area (Å²) in [5.74, 6) is -12.9. The van der Waals surface area contributed by atoms with E-state index in [1.165, 1.54) is 84.9 Å². The molecule has 0 aliphatic heterocycles.